The van der Waals surface area contributed by atoms with Crippen LogP contribution in [0.3, 0.4) is 0 Å². The number of ether oxygens (including phenoxy) is 2. The fraction of sp³-hybridized carbons (Fsp3) is 0.381. The number of fused-ring (bicyclic) bond motifs is 1. The van der Waals surface area contributed by atoms with Gasteiger partial charge in [-0.1, -0.05) is 0 Å². The van der Waals surface area contributed by atoms with Crippen LogP contribution in [0, 0.1) is 0 Å². The molecule has 150 valence electrons. The van der Waals surface area contributed by atoms with E-state index in [1.807, 2.05) is 35.2 Å². The first-order valence-corrected chi connectivity index (χ1v) is 9.86. The highest BCUT2D eigenvalue weighted by Crippen LogP contribution is 2.32. The maximum atomic E-state index is 13.0. The summed E-state index contributed by atoms with van der Waals surface area (Å²) < 4.78 is 10.8. The van der Waals surface area contributed by atoms with E-state index in [2.05, 4.69) is 20.4 Å². The number of aromatic amines is 2. The Morgan fingerprint density at radius 3 is 2.93 bits per heavy atom. The van der Waals surface area contributed by atoms with Crippen molar-refractivity contribution >= 4 is 5.91 Å². The average molecular weight is 393 g/mol. The van der Waals surface area contributed by atoms with E-state index in [1.165, 1.54) is 11.3 Å². The van der Waals surface area contributed by atoms with Crippen molar-refractivity contribution in [1.29, 1.82) is 0 Å². The Bertz CT molecular complexity index is 1020. The molecule has 0 spiro atoms. The molecule has 8 nitrogen and oxygen atoms in total. The van der Waals surface area contributed by atoms with Gasteiger partial charge in [-0.25, -0.2) is 0 Å². The molecule has 1 unspecified atom stereocenters. The maximum Gasteiger partial charge on any atom is 0.271 e. The lowest BCUT2D eigenvalue weighted by molar-refractivity contribution is 0.0784. The van der Waals surface area contributed by atoms with Crippen LogP contribution in [0.2, 0.25) is 0 Å². The van der Waals surface area contributed by atoms with Crippen LogP contribution >= 0.6 is 0 Å². The number of nitrogens with zero attached hydrogens (tertiary/aromatic N) is 3. The van der Waals surface area contributed by atoms with Crippen LogP contribution in [0.25, 0.3) is 11.3 Å². The Kier molecular flexibility index (Phi) is 4.55. The summed E-state index contributed by atoms with van der Waals surface area (Å²) in [5, 5.41) is 14.9. The van der Waals surface area contributed by atoms with Gasteiger partial charge in [0.05, 0.1) is 31.7 Å². The minimum Gasteiger partial charge on any atom is -0.497 e. The molecule has 4 heterocycles. The molecule has 1 aromatic carbocycles. The van der Waals surface area contributed by atoms with E-state index in [-0.39, 0.29) is 11.8 Å². The van der Waals surface area contributed by atoms with Gasteiger partial charge in [-0.2, -0.15) is 10.2 Å². The first-order valence-electron chi connectivity index (χ1n) is 9.86. The molecular formula is C21H23N5O3. The molecule has 0 saturated carbocycles. The normalized spacial score (nSPS) is 18.7. The monoisotopic (exact) mass is 393 g/mol. The fourth-order valence-corrected chi connectivity index (χ4v) is 4.15. The molecular weight excluding hydrogens is 370 g/mol. The molecule has 1 amide bonds. The first-order chi connectivity index (χ1) is 14.2. The summed E-state index contributed by atoms with van der Waals surface area (Å²) >= 11 is 0. The van der Waals surface area contributed by atoms with Crippen molar-refractivity contribution in [3.63, 3.8) is 0 Å². The van der Waals surface area contributed by atoms with Crippen LogP contribution < -0.4 is 4.74 Å². The third-order valence-corrected chi connectivity index (χ3v) is 5.78. The number of H-pyrrole nitrogens is 2. The van der Waals surface area contributed by atoms with Crippen molar-refractivity contribution in [3.8, 4) is 17.0 Å². The molecule has 2 aliphatic heterocycles. The van der Waals surface area contributed by atoms with Crippen LogP contribution in [0.4, 0.5) is 0 Å². The molecule has 29 heavy (non-hydrogen) atoms. The van der Waals surface area contributed by atoms with Gasteiger partial charge in [-0.15, -0.1) is 0 Å². The van der Waals surface area contributed by atoms with Crippen molar-refractivity contribution in [3.05, 3.63) is 53.0 Å². The number of rotatable bonds is 4. The summed E-state index contributed by atoms with van der Waals surface area (Å²) in [4.78, 5) is 14.9. The molecule has 1 fully saturated rings. The van der Waals surface area contributed by atoms with E-state index in [4.69, 9.17) is 9.47 Å². The summed E-state index contributed by atoms with van der Waals surface area (Å²) in [7, 11) is 1.63. The second-order valence-corrected chi connectivity index (χ2v) is 7.50. The highest BCUT2D eigenvalue weighted by atomic mass is 16.5. The zero-order chi connectivity index (χ0) is 19.8. The average Bonchev–Trinajstić information content (AvgIpc) is 3.52. The number of hydrogen-bond donors (Lipinski definition) is 2. The molecule has 5 rings (SSSR count). The zero-order valence-electron chi connectivity index (χ0n) is 16.3. The molecule has 0 aliphatic carbocycles. The SMILES string of the molecule is COc1ccc(-c2cc(C(=O)N3CCC(c4n[nH]c5c4COCC5)C3)[nH]n2)cc1. The fourth-order valence-electron chi connectivity index (χ4n) is 4.15. The Labute approximate surface area is 168 Å². The Balaban J connectivity index is 1.29. The van der Waals surface area contributed by atoms with E-state index in [9.17, 15) is 4.79 Å². The van der Waals surface area contributed by atoms with Gasteiger partial charge in [0.25, 0.3) is 5.91 Å². The predicted molar refractivity (Wildman–Crippen MR) is 106 cm³/mol. The highest BCUT2D eigenvalue weighted by Gasteiger charge is 2.33. The highest BCUT2D eigenvalue weighted by molar-refractivity contribution is 5.93. The lowest BCUT2D eigenvalue weighted by atomic mass is 9.98. The number of benzene rings is 1. The number of hydrogen-bond acceptors (Lipinski definition) is 5. The number of aromatic nitrogens is 4. The third-order valence-electron chi connectivity index (χ3n) is 5.78. The Morgan fingerprint density at radius 1 is 1.24 bits per heavy atom. The van der Waals surface area contributed by atoms with Crippen molar-refractivity contribution < 1.29 is 14.3 Å². The lowest BCUT2D eigenvalue weighted by Crippen LogP contribution is -2.29. The summed E-state index contributed by atoms with van der Waals surface area (Å²) in [6, 6.07) is 9.42. The van der Waals surface area contributed by atoms with Crippen molar-refractivity contribution in [2.75, 3.05) is 26.8 Å². The molecule has 2 aliphatic rings. The van der Waals surface area contributed by atoms with Crippen LogP contribution in [0.5, 0.6) is 5.75 Å². The molecule has 0 bridgehead atoms. The van der Waals surface area contributed by atoms with Gasteiger partial charge in [-0.3, -0.25) is 15.0 Å². The number of carbonyl (C=O) groups excluding carboxylic acids is 1. The van der Waals surface area contributed by atoms with E-state index in [1.54, 1.807) is 7.11 Å². The second-order valence-electron chi connectivity index (χ2n) is 7.50. The minimum atomic E-state index is -0.0274. The van der Waals surface area contributed by atoms with Gasteiger partial charge in [0, 0.05) is 42.2 Å². The van der Waals surface area contributed by atoms with Crippen LogP contribution in [-0.2, 0) is 17.8 Å². The summed E-state index contributed by atoms with van der Waals surface area (Å²) in [5.41, 5.74) is 5.59. The molecule has 0 radical (unpaired) electrons. The predicted octanol–water partition coefficient (Wildman–Crippen LogP) is 2.51. The van der Waals surface area contributed by atoms with Gasteiger partial charge in [0.1, 0.15) is 11.4 Å². The van der Waals surface area contributed by atoms with Crippen LogP contribution in [0.15, 0.2) is 30.3 Å². The summed E-state index contributed by atoms with van der Waals surface area (Å²) in [5.74, 6) is 1.000. The van der Waals surface area contributed by atoms with Gasteiger partial charge in [0.15, 0.2) is 0 Å². The van der Waals surface area contributed by atoms with Crippen LogP contribution in [0.1, 0.15) is 39.8 Å². The number of amides is 1. The Hall–Kier alpha value is -3.13. The standard InChI is InChI=1S/C21H23N5O3/c1-28-15-4-2-13(3-5-15)18-10-19(24-23-18)21(27)26-8-6-14(11-26)20-16-12-29-9-7-17(16)22-25-20/h2-5,10,14H,6-9,11-12H2,1H3,(H,22,25)(H,23,24). The van der Waals surface area contributed by atoms with Crippen molar-refractivity contribution in [1.82, 2.24) is 25.3 Å². The molecule has 8 heteroatoms. The van der Waals surface area contributed by atoms with E-state index in [0.29, 0.717) is 25.4 Å². The smallest absolute Gasteiger partial charge is 0.271 e. The summed E-state index contributed by atoms with van der Waals surface area (Å²) in [6.45, 7) is 2.72. The molecule has 1 saturated heterocycles. The van der Waals surface area contributed by atoms with Crippen molar-refractivity contribution in [2.24, 2.45) is 0 Å². The van der Waals surface area contributed by atoms with Gasteiger partial charge < -0.3 is 14.4 Å². The zero-order valence-corrected chi connectivity index (χ0v) is 16.3. The van der Waals surface area contributed by atoms with E-state index >= 15 is 0 Å². The lowest BCUT2D eigenvalue weighted by Gasteiger charge is -2.17. The van der Waals surface area contributed by atoms with Gasteiger partial charge in [0.2, 0.25) is 0 Å². The number of nitrogens with one attached hydrogen (secondary N) is 2. The van der Waals surface area contributed by atoms with Crippen LogP contribution in [-0.4, -0.2) is 58.0 Å². The first kappa shape index (κ1) is 17.9. The second kappa shape index (κ2) is 7.36. The topological polar surface area (TPSA) is 96.1 Å². The quantitative estimate of drug-likeness (QED) is 0.710. The van der Waals surface area contributed by atoms with Gasteiger partial charge >= 0.3 is 0 Å². The number of likely N-dealkylation sites (tertiary alicyclic amines) is 1. The van der Waals surface area contributed by atoms with Crippen molar-refractivity contribution in [2.45, 2.75) is 25.4 Å². The molecule has 1 atom stereocenters. The molecule has 2 N–H and O–H groups in total. The number of carbonyl (C=O) groups is 1. The Morgan fingerprint density at radius 2 is 2.10 bits per heavy atom. The number of methoxy groups -OCH3 is 1. The molecule has 3 aromatic rings. The van der Waals surface area contributed by atoms with Gasteiger partial charge in [-0.05, 0) is 36.8 Å². The molecule has 2 aromatic heterocycles. The minimum absolute atomic E-state index is 0.0274. The maximum absolute atomic E-state index is 13.0. The van der Waals surface area contributed by atoms with E-state index < -0.39 is 0 Å². The third kappa shape index (κ3) is 3.29. The van der Waals surface area contributed by atoms with E-state index in [0.717, 1.165) is 42.1 Å². The largest absolute Gasteiger partial charge is 0.497 e. The summed E-state index contributed by atoms with van der Waals surface area (Å²) in [6.07, 6.45) is 1.78.